The van der Waals surface area contributed by atoms with Crippen LogP contribution >= 0.6 is 11.3 Å². The number of fused-ring (bicyclic) bond motifs is 1. The van der Waals surface area contributed by atoms with Crippen molar-refractivity contribution < 1.29 is 4.74 Å². The van der Waals surface area contributed by atoms with E-state index in [-0.39, 0.29) is 0 Å². The van der Waals surface area contributed by atoms with Crippen molar-refractivity contribution >= 4 is 11.3 Å². The van der Waals surface area contributed by atoms with Crippen LogP contribution in [0.5, 0.6) is 5.75 Å². The van der Waals surface area contributed by atoms with Gasteiger partial charge < -0.3 is 10.1 Å². The fourth-order valence-corrected chi connectivity index (χ4v) is 3.48. The second-order valence-electron chi connectivity index (χ2n) is 5.08. The van der Waals surface area contributed by atoms with Crippen LogP contribution in [0.25, 0.3) is 0 Å². The average Bonchev–Trinajstić information content (AvgIpc) is 2.92. The van der Waals surface area contributed by atoms with Crippen molar-refractivity contribution in [2.75, 3.05) is 6.61 Å². The maximum atomic E-state index is 5.70. The van der Waals surface area contributed by atoms with E-state index in [0.717, 1.165) is 25.2 Å². The van der Waals surface area contributed by atoms with Gasteiger partial charge in [0.05, 0.1) is 6.61 Å². The van der Waals surface area contributed by atoms with Gasteiger partial charge in [-0.25, -0.2) is 0 Å². The maximum absolute atomic E-state index is 5.70. The average molecular weight is 273 g/mol. The van der Waals surface area contributed by atoms with Crippen LogP contribution < -0.4 is 10.1 Å². The molecule has 1 aromatic carbocycles. The van der Waals surface area contributed by atoms with Crippen LogP contribution in [0, 0.1) is 0 Å². The Bertz CT molecular complexity index is 523. The molecule has 0 amide bonds. The molecule has 2 unspecified atom stereocenters. The highest BCUT2D eigenvalue weighted by Gasteiger charge is 2.22. The smallest absolute Gasteiger partial charge is 0.124 e. The van der Waals surface area contributed by atoms with Crippen molar-refractivity contribution in [3.63, 3.8) is 0 Å². The molecule has 0 fully saturated rings. The van der Waals surface area contributed by atoms with Crippen LogP contribution in [-0.2, 0) is 6.42 Å². The van der Waals surface area contributed by atoms with Gasteiger partial charge in [0.25, 0.3) is 0 Å². The normalized spacial score (nSPS) is 19.5. The van der Waals surface area contributed by atoms with Gasteiger partial charge in [-0.1, -0.05) is 24.3 Å². The molecule has 3 heteroatoms. The van der Waals surface area contributed by atoms with Crippen LogP contribution in [-0.4, -0.2) is 12.6 Å². The summed E-state index contributed by atoms with van der Waals surface area (Å²) >= 11 is 1.83. The van der Waals surface area contributed by atoms with Gasteiger partial charge in [0.2, 0.25) is 0 Å². The summed E-state index contributed by atoms with van der Waals surface area (Å²) in [5, 5.41) is 5.88. The standard InChI is InChI=1S/C16H19NOS/c1-12(11-13-5-4-10-19-13)17-15-8-9-18-16-7-3-2-6-14(15)16/h2-7,10,12,15,17H,8-9,11H2,1H3. The molecule has 0 saturated carbocycles. The summed E-state index contributed by atoms with van der Waals surface area (Å²) in [5.41, 5.74) is 1.30. The first-order valence-corrected chi connectivity index (χ1v) is 7.71. The Hall–Kier alpha value is -1.32. The van der Waals surface area contributed by atoms with Crippen LogP contribution in [0.2, 0.25) is 0 Å². The molecule has 100 valence electrons. The molecule has 0 saturated heterocycles. The van der Waals surface area contributed by atoms with Crippen molar-refractivity contribution in [1.82, 2.24) is 5.32 Å². The first kappa shape index (κ1) is 12.7. The Morgan fingerprint density at radius 2 is 2.21 bits per heavy atom. The monoisotopic (exact) mass is 273 g/mol. The number of hydrogen-bond acceptors (Lipinski definition) is 3. The maximum Gasteiger partial charge on any atom is 0.124 e. The van der Waals surface area contributed by atoms with Crippen LogP contribution in [0.15, 0.2) is 41.8 Å². The molecule has 0 aliphatic carbocycles. The Balaban J connectivity index is 1.67. The van der Waals surface area contributed by atoms with Gasteiger partial charge in [0, 0.05) is 28.9 Å². The number of hydrogen-bond donors (Lipinski definition) is 1. The second-order valence-corrected chi connectivity index (χ2v) is 6.11. The molecule has 2 atom stereocenters. The number of para-hydroxylation sites is 1. The SMILES string of the molecule is CC(Cc1cccs1)NC1CCOc2ccccc21. The molecule has 1 aromatic heterocycles. The Morgan fingerprint density at radius 1 is 1.32 bits per heavy atom. The van der Waals surface area contributed by atoms with E-state index >= 15 is 0 Å². The lowest BCUT2D eigenvalue weighted by molar-refractivity contribution is 0.245. The fourth-order valence-electron chi connectivity index (χ4n) is 2.65. The van der Waals surface area contributed by atoms with Gasteiger partial charge in [-0.2, -0.15) is 0 Å². The minimum absolute atomic E-state index is 0.417. The third kappa shape index (κ3) is 2.99. The summed E-state index contributed by atoms with van der Waals surface area (Å²) in [5.74, 6) is 1.04. The molecule has 1 N–H and O–H groups in total. The largest absolute Gasteiger partial charge is 0.493 e. The van der Waals surface area contributed by atoms with E-state index in [9.17, 15) is 0 Å². The molecule has 1 aliphatic rings. The third-order valence-corrected chi connectivity index (χ3v) is 4.43. The van der Waals surface area contributed by atoms with Crippen molar-refractivity contribution in [3.8, 4) is 5.75 Å². The number of ether oxygens (including phenoxy) is 1. The van der Waals surface area contributed by atoms with E-state index in [1.165, 1.54) is 10.4 Å². The highest BCUT2D eigenvalue weighted by Crippen LogP contribution is 2.32. The van der Waals surface area contributed by atoms with E-state index < -0.39 is 0 Å². The Labute approximate surface area is 118 Å². The topological polar surface area (TPSA) is 21.3 Å². The van der Waals surface area contributed by atoms with Gasteiger partial charge in [-0.15, -0.1) is 11.3 Å². The molecule has 2 aromatic rings. The number of benzene rings is 1. The van der Waals surface area contributed by atoms with E-state index in [2.05, 4.69) is 48.0 Å². The van der Waals surface area contributed by atoms with Gasteiger partial charge in [-0.3, -0.25) is 0 Å². The summed E-state index contributed by atoms with van der Waals surface area (Å²) in [6, 6.07) is 13.6. The summed E-state index contributed by atoms with van der Waals surface area (Å²) in [6.45, 7) is 3.07. The van der Waals surface area contributed by atoms with Crippen LogP contribution in [0.4, 0.5) is 0 Å². The van der Waals surface area contributed by atoms with Crippen LogP contribution in [0.1, 0.15) is 29.8 Å². The molecular formula is C16H19NOS. The molecule has 2 heterocycles. The molecule has 19 heavy (non-hydrogen) atoms. The first-order valence-electron chi connectivity index (χ1n) is 6.83. The second kappa shape index (κ2) is 5.76. The van der Waals surface area contributed by atoms with E-state index in [1.54, 1.807) is 0 Å². The lowest BCUT2D eigenvalue weighted by Gasteiger charge is -2.29. The Kier molecular flexibility index (Phi) is 3.85. The molecule has 0 radical (unpaired) electrons. The van der Waals surface area contributed by atoms with E-state index in [1.807, 2.05) is 17.4 Å². The molecular weight excluding hydrogens is 254 g/mol. The van der Waals surface area contributed by atoms with E-state index in [4.69, 9.17) is 4.74 Å². The summed E-state index contributed by atoms with van der Waals surface area (Å²) in [7, 11) is 0. The lowest BCUT2D eigenvalue weighted by atomic mass is 9.99. The minimum atomic E-state index is 0.417. The predicted octanol–water partition coefficient (Wildman–Crippen LogP) is 3.79. The number of nitrogens with one attached hydrogen (secondary N) is 1. The van der Waals surface area contributed by atoms with Gasteiger partial charge in [0.1, 0.15) is 5.75 Å². The van der Waals surface area contributed by atoms with E-state index in [0.29, 0.717) is 12.1 Å². The molecule has 3 rings (SSSR count). The highest BCUT2D eigenvalue weighted by atomic mass is 32.1. The zero-order chi connectivity index (χ0) is 13.1. The lowest BCUT2D eigenvalue weighted by Crippen LogP contribution is -2.34. The number of rotatable bonds is 4. The zero-order valence-corrected chi connectivity index (χ0v) is 12.0. The van der Waals surface area contributed by atoms with Crippen LogP contribution in [0.3, 0.4) is 0 Å². The number of thiophene rings is 1. The van der Waals surface area contributed by atoms with Gasteiger partial charge in [-0.05, 0) is 30.9 Å². The quantitative estimate of drug-likeness (QED) is 0.915. The summed E-state index contributed by atoms with van der Waals surface area (Å²) in [4.78, 5) is 1.44. The minimum Gasteiger partial charge on any atom is -0.493 e. The fraction of sp³-hybridized carbons (Fsp3) is 0.375. The van der Waals surface area contributed by atoms with Crippen molar-refractivity contribution in [2.24, 2.45) is 0 Å². The van der Waals surface area contributed by atoms with Crippen molar-refractivity contribution in [2.45, 2.75) is 31.8 Å². The molecule has 2 nitrogen and oxygen atoms in total. The summed E-state index contributed by atoms with van der Waals surface area (Å²) < 4.78 is 5.70. The predicted molar refractivity (Wildman–Crippen MR) is 79.9 cm³/mol. The summed E-state index contributed by atoms with van der Waals surface area (Å²) in [6.07, 6.45) is 2.14. The van der Waals surface area contributed by atoms with Gasteiger partial charge in [0.15, 0.2) is 0 Å². The highest BCUT2D eigenvalue weighted by molar-refractivity contribution is 7.09. The first-order chi connectivity index (χ1) is 9.33. The third-order valence-electron chi connectivity index (χ3n) is 3.53. The van der Waals surface area contributed by atoms with Gasteiger partial charge >= 0.3 is 0 Å². The zero-order valence-electron chi connectivity index (χ0n) is 11.1. The van der Waals surface area contributed by atoms with Crippen molar-refractivity contribution in [1.29, 1.82) is 0 Å². The molecule has 0 bridgehead atoms. The molecule has 1 aliphatic heterocycles. The van der Waals surface area contributed by atoms with Crippen molar-refractivity contribution in [3.05, 3.63) is 52.2 Å². The molecule has 0 spiro atoms. The Morgan fingerprint density at radius 3 is 3.05 bits per heavy atom.